The topological polar surface area (TPSA) is 72.0 Å². The first-order valence-corrected chi connectivity index (χ1v) is 7.86. The molecule has 1 aromatic carbocycles. The van der Waals surface area contributed by atoms with Crippen LogP contribution in [0.1, 0.15) is 18.5 Å². The first-order valence-electron chi connectivity index (χ1n) is 7.48. The van der Waals surface area contributed by atoms with E-state index in [9.17, 15) is 0 Å². The van der Waals surface area contributed by atoms with Crippen molar-refractivity contribution in [1.29, 1.82) is 0 Å². The first-order chi connectivity index (χ1) is 11.7. The largest absolute Gasteiger partial charge is 0.387 e. The van der Waals surface area contributed by atoms with Crippen LogP contribution in [-0.4, -0.2) is 15.0 Å². The number of hydrogen-bond acceptors (Lipinski definition) is 6. The van der Waals surface area contributed by atoms with Gasteiger partial charge in [-0.15, -0.1) is 5.48 Å². The van der Waals surface area contributed by atoms with E-state index in [0.717, 1.165) is 16.8 Å². The van der Waals surface area contributed by atoms with Crippen molar-refractivity contribution >= 4 is 23.1 Å². The molecule has 0 aliphatic carbocycles. The highest BCUT2D eigenvalue weighted by atomic mass is 35.5. The van der Waals surface area contributed by atoms with Crippen molar-refractivity contribution in [3.05, 3.63) is 59.4 Å². The van der Waals surface area contributed by atoms with E-state index in [4.69, 9.17) is 16.4 Å². The van der Waals surface area contributed by atoms with Crippen LogP contribution >= 0.6 is 11.6 Å². The van der Waals surface area contributed by atoms with Gasteiger partial charge in [-0.05, 0) is 31.2 Å². The van der Waals surface area contributed by atoms with Gasteiger partial charge in [-0.2, -0.15) is 4.98 Å². The Morgan fingerprint density at radius 1 is 1.17 bits per heavy atom. The molecule has 0 radical (unpaired) electrons. The molecule has 0 spiro atoms. The number of pyridine rings is 1. The Bertz CT molecular complexity index is 887. The summed E-state index contributed by atoms with van der Waals surface area (Å²) < 4.78 is 0. The molecule has 0 fully saturated rings. The molecule has 1 atom stereocenters. The summed E-state index contributed by atoms with van der Waals surface area (Å²) in [7, 11) is 0. The minimum atomic E-state index is -0.0160. The standard InChI is InChI=1S/C17H14ClN5O/c1-10-14-16(20-13-5-7-19-8-6-13)21-15(22-17(14)24-23-10)11-3-2-4-12(18)9-11/h2-10,23H,1H3,(H,19,20,21,22). The summed E-state index contributed by atoms with van der Waals surface area (Å²) in [6.07, 6.45) is 3.44. The number of fused-ring (bicyclic) bond motifs is 1. The molecule has 0 bridgehead atoms. The number of nitrogens with one attached hydrogen (secondary N) is 2. The van der Waals surface area contributed by atoms with Gasteiger partial charge in [-0.25, -0.2) is 4.98 Å². The Morgan fingerprint density at radius 2 is 2.00 bits per heavy atom. The molecular weight excluding hydrogens is 326 g/mol. The molecule has 3 aromatic rings. The summed E-state index contributed by atoms with van der Waals surface area (Å²) in [5.74, 6) is 1.76. The van der Waals surface area contributed by atoms with Gasteiger partial charge in [0.1, 0.15) is 5.82 Å². The predicted molar refractivity (Wildman–Crippen MR) is 92.2 cm³/mol. The third kappa shape index (κ3) is 2.77. The minimum Gasteiger partial charge on any atom is -0.387 e. The molecule has 0 amide bonds. The van der Waals surface area contributed by atoms with Crippen molar-refractivity contribution in [3.63, 3.8) is 0 Å². The van der Waals surface area contributed by atoms with Crippen molar-refractivity contribution < 1.29 is 4.84 Å². The lowest BCUT2D eigenvalue weighted by atomic mass is 10.1. The second-order valence-electron chi connectivity index (χ2n) is 5.43. The lowest BCUT2D eigenvalue weighted by Crippen LogP contribution is -2.13. The van der Waals surface area contributed by atoms with E-state index in [-0.39, 0.29) is 6.04 Å². The van der Waals surface area contributed by atoms with Crippen LogP contribution in [0.25, 0.3) is 11.4 Å². The lowest BCUT2D eigenvalue weighted by Gasteiger charge is -2.12. The van der Waals surface area contributed by atoms with Crippen LogP contribution < -0.4 is 15.6 Å². The van der Waals surface area contributed by atoms with Gasteiger partial charge in [-0.3, -0.25) is 4.98 Å². The van der Waals surface area contributed by atoms with Gasteiger partial charge in [0.2, 0.25) is 5.88 Å². The Hall–Kier alpha value is -2.70. The number of rotatable bonds is 3. The second-order valence-corrected chi connectivity index (χ2v) is 5.86. The maximum atomic E-state index is 6.08. The average Bonchev–Trinajstić information content (AvgIpc) is 2.97. The molecule has 1 aliphatic heterocycles. The number of anilines is 2. The van der Waals surface area contributed by atoms with Crippen molar-refractivity contribution in [2.24, 2.45) is 0 Å². The van der Waals surface area contributed by atoms with Crippen LogP contribution in [-0.2, 0) is 0 Å². The molecule has 7 heteroatoms. The Labute approximate surface area is 143 Å². The third-order valence-corrected chi connectivity index (χ3v) is 3.94. The fourth-order valence-electron chi connectivity index (χ4n) is 2.54. The molecule has 3 heterocycles. The Kier molecular flexibility index (Phi) is 3.76. The highest BCUT2D eigenvalue weighted by Crippen LogP contribution is 2.37. The van der Waals surface area contributed by atoms with E-state index >= 15 is 0 Å². The highest BCUT2D eigenvalue weighted by Gasteiger charge is 2.28. The molecule has 1 aliphatic rings. The van der Waals surface area contributed by atoms with E-state index in [2.05, 4.69) is 25.7 Å². The summed E-state index contributed by atoms with van der Waals surface area (Å²) in [6.45, 7) is 1.99. The van der Waals surface area contributed by atoms with Gasteiger partial charge >= 0.3 is 0 Å². The van der Waals surface area contributed by atoms with Crippen LogP contribution in [0.3, 0.4) is 0 Å². The number of benzene rings is 1. The maximum absolute atomic E-state index is 6.08. The van der Waals surface area contributed by atoms with E-state index in [0.29, 0.717) is 22.5 Å². The van der Waals surface area contributed by atoms with Crippen LogP contribution in [0.2, 0.25) is 5.02 Å². The molecular formula is C17H14ClN5O. The monoisotopic (exact) mass is 339 g/mol. The fraction of sp³-hybridized carbons (Fsp3) is 0.118. The Morgan fingerprint density at radius 3 is 2.79 bits per heavy atom. The molecule has 120 valence electrons. The molecule has 2 aromatic heterocycles. The number of hydroxylamine groups is 1. The van der Waals surface area contributed by atoms with Gasteiger partial charge in [0.05, 0.1) is 11.6 Å². The second kappa shape index (κ2) is 6.07. The quantitative estimate of drug-likeness (QED) is 0.754. The molecule has 4 rings (SSSR count). The van der Waals surface area contributed by atoms with Crippen LogP contribution in [0.4, 0.5) is 11.5 Å². The smallest absolute Gasteiger partial charge is 0.248 e. The predicted octanol–water partition coefficient (Wildman–Crippen LogP) is 3.89. The SMILES string of the molecule is CC1NOc2nc(-c3cccc(Cl)c3)nc(Nc3ccncc3)c21. The number of aromatic nitrogens is 3. The van der Waals surface area contributed by atoms with Crippen molar-refractivity contribution in [1.82, 2.24) is 20.4 Å². The molecule has 0 saturated carbocycles. The summed E-state index contributed by atoms with van der Waals surface area (Å²) in [5, 5.41) is 3.95. The first kappa shape index (κ1) is 14.9. The molecule has 0 saturated heterocycles. The molecule has 2 N–H and O–H groups in total. The van der Waals surface area contributed by atoms with E-state index in [1.807, 2.05) is 43.3 Å². The van der Waals surface area contributed by atoms with Crippen LogP contribution in [0.5, 0.6) is 5.88 Å². The summed E-state index contributed by atoms with van der Waals surface area (Å²) in [4.78, 5) is 18.7. The zero-order chi connectivity index (χ0) is 16.5. The third-order valence-electron chi connectivity index (χ3n) is 3.70. The molecule has 24 heavy (non-hydrogen) atoms. The normalized spacial score (nSPS) is 15.7. The van der Waals surface area contributed by atoms with Crippen LogP contribution in [0, 0.1) is 0 Å². The highest BCUT2D eigenvalue weighted by molar-refractivity contribution is 6.30. The zero-order valence-corrected chi connectivity index (χ0v) is 13.6. The van der Waals surface area contributed by atoms with Gasteiger partial charge in [0, 0.05) is 28.7 Å². The van der Waals surface area contributed by atoms with Gasteiger partial charge in [-0.1, -0.05) is 23.7 Å². The molecule has 6 nitrogen and oxygen atoms in total. The zero-order valence-electron chi connectivity index (χ0n) is 12.8. The number of hydrogen-bond donors (Lipinski definition) is 2. The van der Waals surface area contributed by atoms with Gasteiger partial charge in [0.25, 0.3) is 0 Å². The fourth-order valence-corrected chi connectivity index (χ4v) is 2.73. The summed E-state index contributed by atoms with van der Waals surface area (Å²) >= 11 is 6.08. The average molecular weight is 340 g/mol. The van der Waals surface area contributed by atoms with Crippen molar-refractivity contribution in [2.45, 2.75) is 13.0 Å². The minimum absolute atomic E-state index is 0.0160. The van der Waals surface area contributed by atoms with Crippen molar-refractivity contribution in [2.75, 3.05) is 5.32 Å². The van der Waals surface area contributed by atoms with Gasteiger partial charge in [0.15, 0.2) is 5.82 Å². The van der Waals surface area contributed by atoms with E-state index < -0.39 is 0 Å². The summed E-state index contributed by atoms with van der Waals surface area (Å²) in [5.41, 5.74) is 5.52. The maximum Gasteiger partial charge on any atom is 0.248 e. The number of nitrogens with zero attached hydrogens (tertiary/aromatic N) is 3. The van der Waals surface area contributed by atoms with Crippen molar-refractivity contribution in [3.8, 4) is 17.3 Å². The molecule has 1 unspecified atom stereocenters. The van der Waals surface area contributed by atoms with E-state index in [1.54, 1.807) is 12.4 Å². The van der Waals surface area contributed by atoms with E-state index in [1.165, 1.54) is 0 Å². The van der Waals surface area contributed by atoms with Gasteiger partial charge < -0.3 is 10.2 Å². The Balaban J connectivity index is 1.82. The summed E-state index contributed by atoms with van der Waals surface area (Å²) in [6, 6.07) is 11.2. The number of halogens is 1. The lowest BCUT2D eigenvalue weighted by molar-refractivity contribution is 0.193. The van der Waals surface area contributed by atoms with Crippen LogP contribution in [0.15, 0.2) is 48.8 Å².